The molecule has 0 aliphatic carbocycles. The van der Waals surface area contributed by atoms with Gasteiger partial charge in [-0.25, -0.2) is 0 Å². The van der Waals surface area contributed by atoms with E-state index in [4.69, 9.17) is 4.74 Å². The van der Waals surface area contributed by atoms with Crippen LogP contribution in [-0.2, 0) is 9.53 Å². The van der Waals surface area contributed by atoms with E-state index < -0.39 is 5.97 Å². The minimum atomic E-state index is -0.678. The Morgan fingerprint density at radius 2 is 1.48 bits per heavy atom. The molecule has 0 spiro atoms. The van der Waals surface area contributed by atoms with Gasteiger partial charge < -0.3 is 15.0 Å². The molecular formula is C25H20N2O4. The maximum Gasteiger partial charge on any atom is 0.325 e. The first kappa shape index (κ1) is 20.1. The highest BCUT2D eigenvalue weighted by atomic mass is 16.5. The van der Waals surface area contributed by atoms with Crippen LogP contribution in [0.2, 0.25) is 0 Å². The largest absolute Gasteiger partial charge is 0.456 e. The van der Waals surface area contributed by atoms with Crippen molar-refractivity contribution in [2.24, 2.45) is 0 Å². The van der Waals surface area contributed by atoms with E-state index in [0.29, 0.717) is 11.1 Å². The van der Waals surface area contributed by atoms with Gasteiger partial charge in [0.25, 0.3) is 5.91 Å². The number of rotatable bonds is 7. The van der Waals surface area contributed by atoms with E-state index in [2.05, 4.69) is 10.3 Å². The number of benzene rings is 3. The lowest BCUT2D eigenvalue weighted by Gasteiger charge is -2.07. The third kappa shape index (κ3) is 4.70. The van der Waals surface area contributed by atoms with Gasteiger partial charge in [0.05, 0.1) is 0 Å². The number of aromatic nitrogens is 1. The van der Waals surface area contributed by atoms with E-state index in [1.165, 1.54) is 0 Å². The number of hydrogen-bond acceptors (Lipinski definition) is 4. The summed E-state index contributed by atoms with van der Waals surface area (Å²) in [6.07, 6.45) is 1.60. The Labute approximate surface area is 178 Å². The molecule has 0 aliphatic rings. The Balaban J connectivity index is 1.27. The predicted octanol–water partition coefficient (Wildman–Crippen LogP) is 3.99. The van der Waals surface area contributed by atoms with E-state index in [9.17, 15) is 14.4 Å². The van der Waals surface area contributed by atoms with Crippen LogP contribution in [0.15, 0.2) is 85.1 Å². The SMILES string of the molecule is O=C(CNC(=O)c1ccc(-c2ccccc2)cc1)OCC(=O)c1c[nH]c2ccccc12. The normalized spacial score (nSPS) is 10.6. The highest BCUT2D eigenvalue weighted by Crippen LogP contribution is 2.19. The van der Waals surface area contributed by atoms with Crippen molar-refractivity contribution in [2.75, 3.05) is 13.2 Å². The molecule has 6 nitrogen and oxygen atoms in total. The smallest absolute Gasteiger partial charge is 0.325 e. The highest BCUT2D eigenvalue weighted by molar-refractivity contribution is 6.08. The minimum absolute atomic E-state index is 0.311. The van der Waals surface area contributed by atoms with Gasteiger partial charge in [-0.15, -0.1) is 0 Å². The number of H-pyrrole nitrogens is 1. The average molecular weight is 412 g/mol. The molecule has 0 radical (unpaired) electrons. The summed E-state index contributed by atoms with van der Waals surface area (Å²) in [4.78, 5) is 39.6. The number of fused-ring (bicyclic) bond motifs is 1. The molecule has 0 fully saturated rings. The number of nitrogens with one attached hydrogen (secondary N) is 2. The van der Waals surface area contributed by atoms with Crippen molar-refractivity contribution in [1.82, 2.24) is 10.3 Å². The first-order valence-corrected chi connectivity index (χ1v) is 9.80. The summed E-state index contributed by atoms with van der Waals surface area (Å²) in [5, 5.41) is 3.29. The van der Waals surface area contributed by atoms with Crippen molar-refractivity contribution < 1.29 is 19.1 Å². The quantitative estimate of drug-likeness (QED) is 0.355. The Morgan fingerprint density at radius 1 is 0.806 bits per heavy atom. The standard InChI is InChI=1S/C25H20N2O4/c28-23(21-14-26-22-9-5-4-8-20(21)22)16-31-24(29)15-27-25(30)19-12-10-18(11-13-19)17-6-2-1-3-7-17/h1-14,26H,15-16H2,(H,27,30). The number of hydrogen-bond donors (Lipinski definition) is 2. The van der Waals surface area contributed by atoms with Crippen LogP contribution in [0.3, 0.4) is 0 Å². The Morgan fingerprint density at radius 3 is 2.26 bits per heavy atom. The number of amides is 1. The molecule has 154 valence electrons. The fraction of sp³-hybridized carbons (Fsp3) is 0.0800. The molecule has 0 saturated carbocycles. The molecule has 0 aliphatic heterocycles. The summed E-state index contributed by atoms with van der Waals surface area (Å²) in [7, 11) is 0. The van der Waals surface area contributed by atoms with Crippen LogP contribution in [0.25, 0.3) is 22.0 Å². The minimum Gasteiger partial charge on any atom is -0.456 e. The number of para-hydroxylation sites is 1. The fourth-order valence-electron chi connectivity index (χ4n) is 3.28. The average Bonchev–Trinajstić information content (AvgIpc) is 3.26. The molecule has 2 N–H and O–H groups in total. The van der Waals surface area contributed by atoms with Crippen LogP contribution in [0.5, 0.6) is 0 Å². The number of esters is 1. The first-order valence-electron chi connectivity index (χ1n) is 9.80. The number of ether oxygens (including phenoxy) is 1. The summed E-state index contributed by atoms with van der Waals surface area (Å²) in [6, 6.07) is 24.3. The number of aromatic amines is 1. The first-order chi connectivity index (χ1) is 15.1. The van der Waals surface area contributed by atoms with Crippen molar-refractivity contribution in [2.45, 2.75) is 0 Å². The van der Waals surface area contributed by atoms with E-state index in [1.807, 2.05) is 66.7 Å². The van der Waals surface area contributed by atoms with Gasteiger partial charge in [0.15, 0.2) is 6.61 Å². The van der Waals surface area contributed by atoms with Gasteiger partial charge in [-0.1, -0.05) is 60.7 Å². The summed E-state index contributed by atoms with van der Waals surface area (Å²) in [6.45, 7) is -0.706. The molecular weight excluding hydrogens is 392 g/mol. The molecule has 1 aromatic heterocycles. The van der Waals surface area contributed by atoms with Gasteiger partial charge in [0, 0.05) is 28.2 Å². The third-order valence-electron chi connectivity index (χ3n) is 4.90. The lowest BCUT2D eigenvalue weighted by Crippen LogP contribution is -2.31. The molecule has 31 heavy (non-hydrogen) atoms. The lowest BCUT2D eigenvalue weighted by atomic mass is 10.0. The number of Topliss-reactive ketones (excluding diaryl/α,β-unsaturated/α-hetero) is 1. The molecule has 3 aromatic carbocycles. The molecule has 1 heterocycles. The molecule has 0 saturated heterocycles. The fourth-order valence-corrected chi connectivity index (χ4v) is 3.28. The number of carbonyl (C=O) groups is 3. The van der Waals surface area contributed by atoms with Gasteiger partial charge in [-0.05, 0) is 29.3 Å². The van der Waals surface area contributed by atoms with Crippen LogP contribution < -0.4 is 5.32 Å². The van der Waals surface area contributed by atoms with E-state index in [0.717, 1.165) is 22.0 Å². The number of ketones is 1. The van der Waals surface area contributed by atoms with Crippen LogP contribution in [0.1, 0.15) is 20.7 Å². The number of carbonyl (C=O) groups excluding carboxylic acids is 3. The van der Waals surface area contributed by atoms with Crippen LogP contribution in [0.4, 0.5) is 0 Å². The van der Waals surface area contributed by atoms with Crippen molar-refractivity contribution in [3.8, 4) is 11.1 Å². The Hall–Kier alpha value is -4.19. The maximum atomic E-state index is 12.3. The van der Waals surface area contributed by atoms with Crippen LogP contribution >= 0.6 is 0 Å². The van der Waals surface area contributed by atoms with Crippen molar-refractivity contribution >= 4 is 28.6 Å². The predicted molar refractivity (Wildman–Crippen MR) is 118 cm³/mol. The third-order valence-corrected chi connectivity index (χ3v) is 4.90. The summed E-state index contributed by atoms with van der Waals surface area (Å²) in [5.74, 6) is -1.38. The Kier molecular flexibility index (Phi) is 5.89. The molecule has 4 rings (SSSR count). The summed E-state index contributed by atoms with van der Waals surface area (Å²) < 4.78 is 5.02. The lowest BCUT2D eigenvalue weighted by molar-refractivity contribution is -0.141. The maximum absolute atomic E-state index is 12.3. The second-order valence-corrected chi connectivity index (χ2v) is 6.96. The van der Waals surface area contributed by atoms with Gasteiger partial charge in [-0.3, -0.25) is 14.4 Å². The molecule has 0 unspecified atom stereocenters. The van der Waals surface area contributed by atoms with Crippen molar-refractivity contribution in [3.63, 3.8) is 0 Å². The Bertz CT molecular complexity index is 1230. The molecule has 4 aromatic rings. The van der Waals surface area contributed by atoms with Gasteiger partial charge in [0.2, 0.25) is 5.78 Å². The van der Waals surface area contributed by atoms with Gasteiger partial charge in [0.1, 0.15) is 6.54 Å². The van der Waals surface area contributed by atoms with Crippen LogP contribution in [0, 0.1) is 0 Å². The highest BCUT2D eigenvalue weighted by Gasteiger charge is 2.15. The molecule has 0 atom stereocenters. The van der Waals surface area contributed by atoms with Crippen LogP contribution in [-0.4, -0.2) is 35.8 Å². The van der Waals surface area contributed by atoms with E-state index in [-0.39, 0.29) is 24.8 Å². The molecule has 0 bridgehead atoms. The van der Waals surface area contributed by atoms with Gasteiger partial charge >= 0.3 is 5.97 Å². The second-order valence-electron chi connectivity index (χ2n) is 6.96. The topological polar surface area (TPSA) is 88.3 Å². The van der Waals surface area contributed by atoms with E-state index >= 15 is 0 Å². The molecule has 6 heteroatoms. The van der Waals surface area contributed by atoms with Crippen molar-refractivity contribution in [3.05, 3.63) is 96.2 Å². The molecule has 1 amide bonds. The second kappa shape index (κ2) is 9.09. The van der Waals surface area contributed by atoms with Crippen molar-refractivity contribution in [1.29, 1.82) is 0 Å². The zero-order valence-corrected chi connectivity index (χ0v) is 16.6. The summed E-state index contributed by atoms with van der Waals surface area (Å²) >= 11 is 0. The zero-order valence-electron chi connectivity index (χ0n) is 16.6. The summed E-state index contributed by atoms with van der Waals surface area (Å²) in [5.41, 5.74) is 3.78. The van der Waals surface area contributed by atoms with Gasteiger partial charge in [-0.2, -0.15) is 0 Å². The van der Waals surface area contributed by atoms with E-state index in [1.54, 1.807) is 18.3 Å². The zero-order chi connectivity index (χ0) is 21.6. The monoisotopic (exact) mass is 412 g/mol.